The number of carbonyl (C=O) groups is 1. The molecule has 0 spiro atoms. The topological polar surface area (TPSA) is 122 Å². The number of nitrogens with zero attached hydrogens (tertiary/aromatic N) is 4. The minimum Gasteiger partial charge on any atom is -0.495 e. The van der Waals surface area contributed by atoms with E-state index in [1.54, 1.807) is 7.11 Å². The number of ether oxygens (including phenoxy) is 1. The summed E-state index contributed by atoms with van der Waals surface area (Å²) in [7, 11) is 3.60. The molecule has 0 amide bonds. The Hall–Kier alpha value is -3.07. The number of hydrogen-bond donors (Lipinski definition) is 3. The number of aromatic nitrogens is 4. The van der Waals surface area contributed by atoms with Gasteiger partial charge < -0.3 is 20.3 Å². The molecule has 0 saturated heterocycles. The molecule has 184 valence electrons. The summed E-state index contributed by atoms with van der Waals surface area (Å²) < 4.78 is 7.17. The Bertz CT molecular complexity index is 1120. The van der Waals surface area contributed by atoms with Crippen LogP contribution < -0.4 is 10.1 Å². The molecule has 2 heterocycles. The number of hydrogen-bond acceptors (Lipinski definition) is 6. The first-order valence-electron chi connectivity index (χ1n) is 11.6. The number of halogens is 1. The minimum atomic E-state index is -1.83. The van der Waals surface area contributed by atoms with Crippen molar-refractivity contribution < 1.29 is 19.7 Å². The molecule has 1 fully saturated rings. The van der Waals surface area contributed by atoms with Crippen molar-refractivity contribution >= 4 is 34.6 Å². The number of carboxylic acid groups (broad SMARTS) is 2. The maximum Gasteiger partial charge on any atom is 0.503 e. The number of benzene rings is 1. The smallest absolute Gasteiger partial charge is 0.495 e. The van der Waals surface area contributed by atoms with Crippen LogP contribution in [0.4, 0.5) is 10.6 Å². The van der Waals surface area contributed by atoms with Crippen LogP contribution in [0.5, 0.6) is 5.75 Å². The third-order valence-corrected chi connectivity index (χ3v) is 6.20. The van der Waals surface area contributed by atoms with Crippen LogP contribution in [0.1, 0.15) is 68.4 Å². The van der Waals surface area contributed by atoms with Gasteiger partial charge in [-0.05, 0) is 37.0 Å². The highest BCUT2D eigenvalue weighted by atomic mass is 35.5. The van der Waals surface area contributed by atoms with Gasteiger partial charge in [-0.25, -0.2) is 14.8 Å². The molecule has 0 atom stereocenters. The molecule has 3 aromatic rings. The first-order valence-corrected chi connectivity index (χ1v) is 11.9. The van der Waals surface area contributed by atoms with Crippen molar-refractivity contribution in [3.63, 3.8) is 0 Å². The molecule has 0 aliphatic heterocycles. The second-order valence-electron chi connectivity index (χ2n) is 8.39. The van der Waals surface area contributed by atoms with Crippen LogP contribution in [0.25, 0.3) is 11.0 Å². The van der Waals surface area contributed by atoms with Crippen molar-refractivity contribution in [3.8, 4) is 5.75 Å². The van der Waals surface area contributed by atoms with Gasteiger partial charge in [0.25, 0.3) is 0 Å². The van der Waals surface area contributed by atoms with Gasteiger partial charge in [0, 0.05) is 19.5 Å². The summed E-state index contributed by atoms with van der Waals surface area (Å²) in [5, 5.41) is 22.8. The second-order valence-corrected chi connectivity index (χ2v) is 8.80. The lowest BCUT2D eigenvalue weighted by molar-refractivity contribution is 0.137. The zero-order valence-corrected chi connectivity index (χ0v) is 20.6. The minimum absolute atomic E-state index is 0.439. The predicted octanol–water partition coefficient (Wildman–Crippen LogP) is 5.86. The molecule has 1 aliphatic rings. The summed E-state index contributed by atoms with van der Waals surface area (Å²) in [5.74, 6) is 2.93. The monoisotopic (exact) mass is 489 g/mol. The lowest BCUT2D eigenvalue weighted by Gasteiger charge is -2.21. The molecule has 9 nitrogen and oxygen atoms in total. The Morgan fingerprint density at radius 3 is 2.56 bits per heavy atom. The van der Waals surface area contributed by atoms with Crippen LogP contribution in [-0.2, 0) is 20.0 Å². The van der Waals surface area contributed by atoms with Crippen LogP contribution >= 0.6 is 11.6 Å². The quantitative estimate of drug-likeness (QED) is 0.377. The fourth-order valence-corrected chi connectivity index (χ4v) is 4.62. The van der Waals surface area contributed by atoms with Crippen molar-refractivity contribution in [2.24, 2.45) is 7.05 Å². The van der Waals surface area contributed by atoms with Gasteiger partial charge >= 0.3 is 6.16 Å². The maximum absolute atomic E-state index is 8.56. The van der Waals surface area contributed by atoms with E-state index in [4.69, 9.17) is 46.4 Å². The highest BCUT2D eigenvalue weighted by molar-refractivity contribution is 6.32. The Morgan fingerprint density at radius 1 is 1.24 bits per heavy atom. The number of aryl methyl sites for hydroxylation is 2. The van der Waals surface area contributed by atoms with Crippen LogP contribution in [0.3, 0.4) is 0 Å². The highest BCUT2D eigenvalue weighted by Gasteiger charge is 2.23. The number of fused-ring (bicyclic) bond motifs is 1. The van der Waals surface area contributed by atoms with Crippen molar-refractivity contribution in [2.75, 3.05) is 12.4 Å². The predicted molar refractivity (Wildman–Crippen MR) is 132 cm³/mol. The van der Waals surface area contributed by atoms with Gasteiger partial charge in [0.05, 0.1) is 17.8 Å². The zero-order valence-electron chi connectivity index (χ0n) is 19.8. The summed E-state index contributed by atoms with van der Waals surface area (Å²) in [6, 6.07) is 5.84. The van der Waals surface area contributed by atoms with Crippen LogP contribution in [-0.4, -0.2) is 43.2 Å². The van der Waals surface area contributed by atoms with E-state index in [0.29, 0.717) is 23.2 Å². The molecule has 34 heavy (non-hydrogen) atoms. The molecule has 10 heteroatoms. The van der Waals surface area contributed by atoms with Gasteiger partial charge in [-0.1, -0.05) is 50.3 Å². The summed E-state index contributed by atoms with van der Waals surface area (Å²) in [4.78, 5) is 18.6. The molecule has 1 saturated carbocycles. The van der Waals surface area contributed by atoms with E-state index >= 15 is 0 Å². The van der Waals surface area contributed by atoms with Gasteiger partial charge in [-0.2, -0.15) is 5.10 Å². The van der Waals surface area contributed by atoms with Crippen LogP contribution in [0.2, 0.25) is 5.02 Å². The van der Waals surface area contributed by atoms with Gasteiger partial charge in [-0.15, -0.1) is 0 Å². The molecule has 3 N–H and O–H groups in total. The van der Waals surface area contributed by atoms with E-state index in [2.05, 4.69) is 12.2 Å². The van der Waals surface area contributed by atoms with Gasteiger partial charge in [0.1, 0.15) is 22.6 Å². The number of anilines is 1. The first kappa shape index (κ1) is 25.6. The van der Waals surface area contributed by atoms with E-state index < -0.39 is 6.16 Å². The van der Waals surface area contributed by atoms with Gasteiger partial charge in [0.15, 0.2) is 5.82 Å². The van der Waals surface area contributed by atoms with E-state index in [0.717, 1.165) is 46.8 Å². The lowest BCUT2D eigenvalue weighted by atomic mass is 9.88. The summed E-state index contributed by atoms with van der Waals surface area (Å²) in [6.07, 6.45) is 6.30. The Kier molecular flexibility index (Phi) is 8.92. The van der Waals surface area contributed by atoms with E-state index in [1.807, 2.05) is 29.9 Å². The average molecular weight is 490 g/mol. The van der Waals surface area contributed by atoms with Crippen molar-refractivity contribution in [2.45, 2.75) is 64.3 Å². The number of methoxy groups -OCH3 is 1. The van der Waals surface area contributed by atoms with Crippen molar-refractivity contribution in [1.82, 2.24) is 19.7 Å². The van der Waals surface area contributed by atoms with Crippen molar-refractivity contribution in [3.05, 3.63) is 40.3 Å². The maximum atomic E-state index is 8.56. The highest BCUT2D eigenvalue weighted by Crippen LogP contribution is 2.34. The molecule has 1 aromatic carbocycles. The van der Waals surface area contributed by atoms with E-state index in [1.165, 1.54) is 32.1 Å². The van der Waals surface area contributed by atoms with Crippen LogP contribution in [0.15, 0.2) is 18.2 Å². The molecule has 1 aliphatic carbocycles. The molecule has 0 bridgehead atoms. The molecular formula is C24H32ClN5O4. The summed E-state index contributed by atoms with van der Waals surface area (Å²) in [6.45, 7) is 2.80. The normalized spacial score (nSPS) is 13.9. The van der Waals surface area contributed by atoms with Crippen molar-refractivity contribution in [1.29, 1.82) is 0 Å². The third kappa shape index (κ3) is 6.28. The summed E-state index contributed by atoms with van der Waals surface area (Å²) in [5.41, 5.74) is 4.09. The standard InChI is InChI=1S/C23H30ClN5O.CH2O3/c1-4-8-18-20-21(29(2)28-18)23(27-22(26-20)16-9-6-5-7-10-16)25-14-15-11-12-19(30-3)17(24)13-15;2-1(3)4/h11-13,16H,4-10,14H2,1-3H3,(H,25,26,27);(H2,2,3,4). The fourth-order valence-electron chi connectivity index (χ4n) is 4.34. The molecule has 0 radical (unpaired) electrons. The summed E-state index contributed by atoms with van der Waals surface area (Å²) >= 11 is 6.30. The SMILES string of the molecule is CCCc1nn(C)c2c(NCc3ccc(OC)c(Cl)c3)nc(C3CCCCC3)nc12.O=C(O)O. The Morgan fingerprint density at radius 2 is 1.94 bits per heavy atom. The third-order valence-electron chi connectivity index (χ3n) is 5.90. The van der Waals surface area contributed by atoms with Gasteiger partial charge in [0.2, 0.25) is 0 Å². The molecule has 0 unspecified atom stereocenters. The largest absolute Gasteiger partial charge is 0.503 e. The average Bonchev–Trinajstić information content (AvgIpc) is 3.13. The molecule has 2 aromatic heterocycles. The van der Waals surface area contributed by atoms with Gasteiger partial charge in [-0.3, -0.25) is 4.68 Å². The Balaban J connectivity index is 0.000000751. The van der Waals surface area contributed by atoms with E-state index in [-0.39, 0.29) is 0 Å². The molecule has 4 rings (SSSR count). The van der Waals surface area contributed by atoms with E-state index in [9.17, 15) is 0 Å². The number of rotatable bonds is 7. The zero-order chi connectivity index (χ0) is 24.7. The fraction of sp³-hybridized carbons (Fsp3) is 0.500. The Labute approximate surface area is 204 Å². The second kappa shape index (κ2) is 11.9. The molecular weight excluding hydrogens is 458 g/mol. The lowest BCUT2D eigenvalue weighted by Crippen LogP contribution is -2.12. The number of nitrogens with one attached hydrogen (secondary N) is 1. The van der Waals surface area contributed by atoms with Crippen LogP contribution in [0, 0.1) is 0 Å². The first-order chi connectivity index (χ1) is 16.3.